The predicted molar refractivity (Wildman–Crippen MR) is 70.0 cm³/mol. The van der Waals surface area contributed by atoms with Crippen LogP contribution in [0.25, 0.3) is 0 Å². The maximum absolute atomic E-state index is 5.85. The Kier molecular flexibility index (Phi) is 12.5. The highest BCUT2D eigenvalue weighted by atomic mass is 35.5. The summed E-state index contributed by atoms with van der Waals surface area (Å²) in [7, 11) is 0. The fourth-order valence-corrected chi connectivity index (χ4v) is 1.69. The van der Waals surface area contributed by atoms with Crippen molar-refractivity contribution in [2.45, 2.75) is 36.4 Å². The molecule has 0 aromatic rings. The summed E-state index contributed by atoms with van der Waals surface area (Å²) >= 11 is 22.8. The molecule has 0 rings (SSSR count). The van der Waals surface area contributed by atoms with E-state index in [1.165, 1.54) is 0 Å². The number of ether oxygens (including phenoxy) is 1. The van der Waals surface area contributed by atoms with Crippen molar-refractivity contribution >= 4 is 46.4 Å². The highest BCUT2D eigenvalue weighted by Crippen LogP contribution is 2.09. The summed E-state index contributed by atoms with van der Waals surface area (Å²) in [4.78, 5) is 0. The molecule has 0 radical (unpaired) electrons. The first-order valence-electron chi connectivity index (χ1n) is 5.18. The van der Waals surface area contributed by atoms with Crippen LogP contribution in [0.2, 0.25) is 0 Å². The number of halogens is 4. The van der Waals surface area contributed by atoms with Crippen LogP contribution >= 0.6 is 46.4 Å². The molecule has 0 N–H and O–H groups in total. The van der Waals surface area contributed by atoms with Crippen molar-refractivity contribution in [2.75, 3.05) is 25.0 Å². The van der Waals surface area contributed by atoms with Gasteiger partial charge in [-0.05, 0) is 25.7 Å². The van der Waals surface area contributed by atoms with Gasteiger partial charge in [-0.3, -0.25) is 0 Å². The minimum atomic E-state index is 0.0683. The van der Waals surface area contributed by atoms with Gasteiger partial charge >= 0.3 is 0 Å². The number of hydrogen-bond acceptors (Lipinski definition) is 1. The van der Waals surface area contributed by atoms with Gasteiger partial charge in [0.2, 0.25) is 0 Å². The predicted octanol–water partition coefficient (Wildman–Crippen LogP) is 4.26. The summed E-state index contributed by atoms with van der Waals surface area (Å²) in [5.41, 5.74) is 0. The second kappa shape index (κ2) is 11.6. The monoisotopic (exact) mass is 294 g/mol. The van der Waals surface area contributed by atoms with E-state index >= 15 is 0 Å². The summed E-state index contributed by atoms with van der Waals surface area (Å²) in [5, 5.41) is 0.137. The fourth-order valence-electron chi connectivity index (χ4n) is 1.07. The average molecular weight is 296 g/mol. The van der Waals surface area contributed by atoms with Crippen LogP contribution in [-0.2, 0) is 4.74 Å². The van der Waals surface area contributed by atoms with Crippen LogP contribution in [-0.4, -0.2) is 35.7 Å². The largest absolute Gasteiger partial charge is 0.381 e. The maximum atomic E-state index is 5.85. The quantitative estimate of drug-likeness (QED) is 0.432. The molecule has 0 spiro atoms. The van der Waals surface area contributed by atoms with Crippen molar-refractivity contribution in [3.8, 4) is 0 Å². The molecule has 0 saturated carbocycles. The van der Waals surface area contributed by atoms with E-state index in [9.17, 15) is 0 Å². The average Bonchev–Trinajstić information content (AvgIpc) is 2.26. The second-order valence-corrected chi connectivity index (χ2v) is 5.25. The second-order valence-electron chi connectivity index (χ2n) is 3.40. The van der Waals surface area contributed by atoms with E-state index in [-0.39, 0.29) is 10.8 Å². The Morgan fingerprint density at radius 2 is 1.20 bits per heavy atom. The van der Waals surface area contributed by atoms with Crippen LogP contribution in [0.5, 0.6) is 0 Å². The summed E-state index contributed by atoms with van der Waals surface area (Å²) in [5.74, 6) is 1.01. The van der Waals surface area contributed by atoms with Crippen molar-refractivity contribution in [1.29, 1.82) is 0 Å². The van der Waals surface area contributed by atoms with Crippen molar-refractivity contribution in [3.05, 3.63) is 0 Å². The lowest BCUT2D eigenvalue weighted by atomic mass is 10.2. The first-order valence-corrected chi connectivity index (χ1v) is 7.12. The first kappa shape index (κ1) is 16.1. The van der Waals surface area contributed by atoms with E-state index in [1.54, 1.807) is 0 Å². The van der Waals surface area contributed by atoms with Crippen molar-refractivity contribution < 1.29 is 4.74 Å². The van der Waals surface area contributed by atoms with E-state index in [1.807, 2.05) is 0 Å². The molecule has 92 valence electrons. The van der Waals surface area contributed by atoms with Crippen LogP contribution < -0.4 is 0 Å². The third-order valence-electron chi connectivity index (χ3n) is 1.95. The van der Waals surface area contributed by atoms with Gasteiger partial charge in [-0.15, -0.1) is 46.4 Å². The number of hydrogen-bond donors (Lipinski definition) is 0. The zero-order valence-corrected chi connectivity index (χ0v) is 11.8. The Morgan fingerprint density at radius 1 is 0.800 bits per heavy atom. The molecule has 0 aliphatic heterocycles. The van der Waals surface area contributed by atoms with Gasteiger partial charge in [0.25, 0.3) is 0 Å². The number of rotatable bonds is 10. The van der Waals surface area contributed by atoms with Gasteiger partial charge in [-0.2, -0.15) is 0 Å². The lowest BCUT2D eigenvalue weighted by molar-refractivity contribution is 0.127. The molecule has 0 heterocycles. The summed E-state index contributed by atoms with van der Waals surface area (Å²) in [6.45, 7) is 1.49. The van der Waals surface area contributed by atoms with E-state index in [4.69, 9.17) is 51.1 Å². The van der Waals surface area contributed by atoms with Crippen LogP contribution in [0.3, 0.4) is 0 Å². The minimum Gasteiger partial charge on any atom is -0.381 e. The van der Waals surface area contributed by atoms with Gasteiger partial charge in [0, 0.05) is 35.7 Å². The third kappa shape index (κ3) is 11.4. The molecule has 0 aromatic carbocycles. The minimum absolute atomic E-state index is 0.0683. The topological polar surface area (TPSA) is 9.23 Å². The molecular weight excluding hydrogens is 278 g/mol. The Labute approximate surface area is 112 Å². The molecule has 0 aromatic heterocycles. The lowest BCUT2D eigenvalue weighted by Crippen LogP contribution is -2.06. The van der Waals surface area contributed by atoms with Gasteiger partial charge in [0.15, 0.2) is 0 Å². The van der Waals surface area contributed by atoms with Crippen LogP contribution in [0.15, 0.2) is 0 Å². The van der Waals surface area contributed by atoms with E-state index in [0.717, 1.165) is 38.9 Å². The maximum Gasteiger partial charge on any atom is 0.0472 e. The molecule has 0 saturated heterocycles. The third-order valence-corrected chi connectivity index (χ3v) is 3.75. The Bertz CT molecular complexity index is 121. The van der Waals surface area contributed by atoms with Crippen LogP contribution in [0.1, 0.15) is 25.7 Å². The Balaban J connectivity index is 3.05. The number of alkyl halides is 4. The van der Waals surface area contributed by atoms with Gasteiger partial charge in [0.1, 0.15) is 0 Å². The summed E-state index contributed by atoms with van der Waals surface area (Å²) < 4.78 is 5.42. The molecule has 2 unspecified atom stereocenters. The normalized spacial score (nSPS) is 15.2. The highest BCUT2D eigenvalue weighted by molar-refractivity contribution is 6.28. The molecule has 2 atom stereocenters. The SMILES string of the molecule is ClCC(Cl)CCCOCCCC(Cl)CCl. The highest BCUT2D eigenvalue weighted by Gasteiger charge is 2.03. The Hall–Kier alpha value is 1.12. The molecule has 0 bridgehead atoms. The van der Waals surface area contributed by atoms with E-state index in [0.29, 0.717) is 11.8 Å². The molecule has 0 fully saturated rings. The van der Waals surface area contributed by atoms with Crippen LogP contribution in [0.4, 0.5) is 0 Å². The fraction of sp³-hybridized carbons (Fsp3) is 1.00. The Morgan fingerprint density at radius 3 is 1.53 bits per heavy atom. The zero-order chi connectivity index (χ0) is 11.5. The van der Waals surface area contributed by atoms with Gasteiger partial charge in [-0.25, -0.2) is 0 Å². The molecule has 0 aliphatic carbocycles. The molecule has 5 heteroatoms. The molecule has 1 nitrogen and oxygen atoms in total. The van der Waals surface area contributed by atoms with Crippen molar-refractivity contribution in [3.63, 3.8) is 0 Å². The molecular formula is C10H18Cl4O. The summed E-state index contributed by atoms with van der Waals surface area (Å²) in [6, 6.07) is 0. The zero-order valence-electron chi connectivity index (χ0n) is 8.73. The van der Waals surface area contributed by atoms with Gasteiger partial charge < -0.3 is 4.74 Å². The van der Waals surface area contributed by atoms with E-state index < -0.39 is 0 Å². The lowest BCUT2D eigenvalue weighted by Gasteiger charge is -2.07. The van der Waals surface area contributed by atoms with Gasteiger partial charge in [-0.1, -0.05) is 0 Å². The first-order chi connectivity index (χ1) is 7.20. The van der Waals surface area contributed by atoms with Gasteiger partial charge in [0.05, 0.1) is 0 Å². The van der Waals surface area contributed by atoms with E-state index in [2.05, 4.69) is 0 Å². The molecule has 0 aliphatic rings. The van der Waals surface area contributed by atoms with Crippen molar-refractivity contribution in [1.82, 2.24) is 0 Å². The molecule has 15 heavy (non-hydrogen) atoms. The molecule has 0 amide bonds. The smallest absolute Gasteiger partial charge is 0.0472 e. The summed E-state index contributed by atoms with van der Waals surface area (Å²) in [6.07, 6.45) is 3.73. The standard InChI is InChI=1S/C10H18Cl4O/c11-7-9(13)3-1-5-15-6-2-4-10(14)8-12/h9-10H,1-8H2. The van der Waals surface area contributed by atoms with Crippen molar-refractivity contribution in [2.24, 2.45) is 0 Å². The van der Waals surface area contributed by atoms with Crippen LogP contribution in [0, 0.1) is 0 Å².